The molecule has 250 valence electrons. The van der Waals surface area contributed by atoms with Crippen LogP contribution in [0.5, 0.6) is 0 Å². The summed E-state index contributed by atoms with van der Waals surface area (Å²) in [6.07, 6.45) is 0. The van der Waals surface area contributed by atoms with Crippen molar-refractivity contribution >= 4 is 23.2 Å². The average Bonchev–Trinajstić information content (AvgIpc) is 3.49. The Morgan fingerprint density at radius 2 is 0.600 bits per heavy atom. The standard InChI is InChI=1S/C46H44N2O2/c1-25-19-29(5)37(21-27(25)3)33-11-15-35(16-12-33)43-41-42(46(50)47(43)9)44(48(10)45(41)49)36-17-13-34(14-18-36)38-23-32(8)40(24-31(38)7)39-22-28(4)26(2)20-30(39)6/h11-24H,1-10H3. The zero-order valence-electron chi connectivity index (χ0n) is 30.8. The summed E-state index contributed by atoms with van der Waals surface area (Å²) in [5, 5.41) is 0. The average molecular weight is 657 g/mol. The summed E-state index contributed by atoms with van der Waals surface area (Å²) in [4.78, 5) is 31.0. The van der Waals surface area contributed by atoms with Gasteiger partial charge in [0.15, 0.2) is 0 Å². The molecule has 50 heavy (non-hydrogen) atoms. The molecular formula is C46H44N2O2. The first kappa shape index (κ1) is 33.0. The number of likely N-dealkylation sites (N-methyl/N-ethyl adjacent to an activating group) is 2. The molecule has 2 amide bonds. The molecule has 0 fully saturated rings. The third-order valence-electron chi connectivity index (χ3n) is 10.9. The van der Waals surface area contributed by atoms with Gasteiger partial charge in [-0.3, -0.25) is 9.59 Å². The van der Waals surface area contributed by atoms with Gasteiger partial charge in [0.05, 0.1) is 22.5 Å². The lowest BCUT2D eigenvalue weighted by Gasteiger charge is -2.20. The van der Waals surface area contributed by atoms with Crippen LogP contribution in [0, 0.1) is 55.4 Å². The molecule has 5 aromatic carbocycles. The first-order chi connectivity index (χ1) is 23.8. The lowest BCUT2D eigenvalue weighted by atomic mass is 9.88. The molecule has 4 heteroatoms. The van der Waals surface area contributed by atoms with Gasteiger partial charge in [0.1, 0.15) is 0 Å². The lowest BCUT2D eigenvalue weighted by molar-refractivity contribution is -0.123. The molecule has 0 N–H and O–H groups in total. The van der Waals surface area contributed by atoms with E-state index < -0.39 is 0 Å². The number of rotatable bonds is 5. The minimum Gasteiger partial charge on any atom is -0.310 e. The van der Waals surface area contributed by atoms with Crippen molar-refractivity contribution in [3.05, 3.63) is 152 Å². The van der Waals surface area contributed by atoms with E-state index in [4.69, 9.17) is 0 Å². The summed E-state index contributed by atoms with van der Waals surface area (Å²) < 4.78 is 0. The van der Waals surface area contributed by atoms with Crippen molar-refractivity contribution < 1.29 is 9.59 Å². The second-order valence-electron chi connectivity index (χ2n) is 14.3. The van der Waals surface area contributed by atoms with Gasteiger partial charge in [-0.1, -0.05) is 84.9 Å². The summed E-state index contributed by atoms with van der Waals surface area (Å²) in [6, 6.07) is 30.1. The Morgan fingerprint density at radius 3 is 1.02 bits per heavy atom. The molecule has 0 spiro atoms. The van der Waals surface area contributed by atoms with Gasteiger partial charge >= 0.3 is 0 Å². The van der Waals surface area contributed by atoms with Crippen LogP contribution < -0.4 is 0 Å². The smallest absolute Gasteiger partial charge is 0.261 e. The minimum atomic E-state index is -0.162. The maximum Gasteiger partial charge on any atom is 0.261 e. The van der Waals surface area contributed by atoms with Gasteiger partial charge in [-0.2, -0.15) is 0 Å². The Morgan fingerprint density at radius 1 is 0.340 bits per heavy atom. The topological polar surface area (TPSA) is 40.6 Å². The number of fused-ring (bicyclic) bond motifs is 1. The molecule has 0 radical (unpaired) electrons. The minimum absolute atomic E-state index is 0.162. The van der Waals surface area contributed by atoms with Crippen LogP contribution in [0.4, 0.5) is 0 Å². The molecule has 0 aromatic heterocycles. The lowest BCUT2D eigenvalue weighted by Crippen LogP contribution is -2.25. The van der Waals surface area contributed by atoms with Crippen LogP contribution in [0.2, 0.25) is 0 Å². The zero-order chi connectivity index (χ0) is 35.8. The van der Waals surface area contributed by atoms with Crippen LogP contribution in [0.25, 0.3) is 44.8 Å². The Labute approximate surface area is 296 Å². The van der Waals surface area contributed by atoms with E-state index in [1.807, 2.05) is 24.3 Å². The van der Waals surface area contributed by atoms with Crippen LogP contribution in [0.15, 0.2) is 96.1 Å². The quantitative estimate of drug-likeness (QED) is 0.189. The van der Waals surface area contributed by atoms with E-state index in [0.29, 0.717) is 22.5 Å². The summed E-state index contributed by atoms with van der Waals surface area (Å²) >= 11 is 0. The summed E-state index contributed by atoms with van der Waals surface area (Å²) in [7, 11) is 3.53. The molecule has 0 aliphatic carbocycles. The first-order valence-electron chi connectivity index (χ1n) is 17.3. The van der Waals surface area contributed by atoms with E-state index in [0.717, 1.165) is 22.3 Å². The number of aryl methyl sites for hydroxylation is 8. The molecule has 4 nitrogen and oxygen atoms in total. The maximum absolute atomic E-state index is 13.9. The molecular weight excluding hydrogens is 613 g/mol. The Kier molecular flexibility index (Phi) is 8.02. The number of benzene rings is 5. The van der Waals surface area contributed by atoms with E-state index in [1.54, 1.807) is 23.9 Å². The van der Waals surface area contributed by atoms with Gasteiger partial charge in [0.2, 0.25) is 0 Å². The van der Waals surface area contributed by atoms with Crippen LogP contribution in [0.3, 0.4) is 0 Å². The maximum atomic E-state index is 13.9. The Hall–Kier alpha value is -5.48. The Balaban J connectivity index is 1.24. The highest BCUT2D eigenvalue weighted by Crippen LogP contribution is 2.46. The van der Waals surface area contributed by atoms with Gasteiger partial charge in [0.25, 0.3) is 11.8 Å². The molecule has 2 aliphatic heterocycles. The van der Waals surface area contributed by atoms with E-state index >= 15 is 0 Å². The van der Waals surface area contributed by atoms with Gasteiger partial charge < -0.3 is 9.80 Å². The fraction of sp³-hybridized carbons (Fsp3) is 0.217. The first-order valence-corrected chi connectivity index (χ1v) is 17.3. The summed E-state index contributed by atoms with van der Waals surface area (Å²) in [5.41, 5.74) is 21.1. The van der Waals surface area contributed by atoms with E-state index in [9.17, 15) is 9.59 Å². The molecule has 0 bridgehead atoms. The predicted molar refractivity (Wildman–Crippen MR) is 206 cm³/mol. The molecule has 7 rings (SSSR count). The third-order valence-corrected chi connectivity index (χ3v) is 10.9. The fourth-order valence-corrected chi connectivity index (χ4v) is 7.76. The zero-order valence-corrected chi connectivity index (χ0v) is 30.8. The molecule has 0 atom stereocenters. The van der Waals surface area contributed by atoms with Crippen molar-refractivity contribution in [1.29, 1.82) is 0 Å². The number of nitrogens with zero attached hydrogens (tertiary/aromatic N) is 2. The van der Waals surface area contributed by atoms with E-state index in [2.05, 4.69) is 116 Å². The summed E-state index contributed by atoms with van der Waals surface area (Å²) in [5.74, 6) is -0.325. The van der Waals surface area contributed by atoms with Gasteiger partial charge in [0, 0.05) is 14.1 Å². The van der Waals surface area contributed by atoms with Crippen molar-refractivity contribution in [2.45, 2.75) is 55.4 Å². The Bertz CT molecular complexity index is 2340. The highest BCUT2D eigenvalue weighted by molar-refractivity contribution is 6.30. The van der Waals surface area contributed by atoms with Crippen molar-refractivity contribution in [2.75, 3.05) is 14.1 Å². The summed E-state index contributed by atoms with van der Waals surface area (Å²) in [6.45, 7) is 17.3. The molecule has 2 heterocycles. The highest BCUT2D eigenvalue weighted by Gasteiger charge is 2.46. The van der Waals surface area contributed by atoms with Crippen molar-refractivity contribution in [2.24, 2.45) is 0 Å². The number of hydrogen-bond donors (Lipinski definition) is 0. The fourth-order valence-electron chi connectivity index (χ4n) is 7.76. The van der Waals surface area contributed by atoms with Crippen LogP contribution in [-0.2, 0) is 9.59 Å². The number of carbonyl (C=O) groups is 2. The van der Waals surface area contributed by atoms with Crippen molar-refractivity contribution in [3.63, 3.8) is 0 Å². The predicted octanol–water partition coefficient (Wildman–Crippen LogP) is 10.2. The number of carbonyl (C=O) groups excluding carboxylic acids is 2. The van der Waals surface area contributed by atoms with E-state index in [1.165, 1.54) is 66.8 Å². The molecule has 0 saturated heterocycles. The van der Waals surface area contributed by atoms with E-state index in [-0.39, 0.29) is 11.8 Å². The second kappa shape index (κ2) is 12.1. The second-order valence-corrected chi connectivity index (χ2v) is 14.3. The molecule has 2 aliphatic rings. The van der Waals surface area contributed by atoms with Crippen LogP contribution in [0.1, 0.15) is 55.6 Å². The number of amides is 2. The molecule has 5 aromatic rings. The number of hydrogen-bond acceptors (Lipinski definition) is 2. The third kappa shape index (κ3) is 5.22. The SMILES string of the molecule is Cc1cc(C)c(-c2ccc(C3=C4C(=O)N(C)C(c5ccc(-c6cc(C)c(-c7cc(C)c(C)cc7C)cc6C)cc5)=C4C(=O)N3C)cc2)cc1C. The van der Waals surface area contributed by atoms with Crippen LogP contribution in [-0.4, -0.2) is 35.7 Å². The molecule has 0 unspecified atom stereocenters. The van der Waals surface area contributed by atoms with Crippen molar-refractivity contribution in [1.82, 2.24) is 9.80 Å². The largest absolute Gasteiger partial charge is 0.310 e. The monoisotopic (exact) mass is 656 g/mol. The molecule has 0 saturated carbocycles. The van der Waals surface area contributed by atoms with Gasteiger partial charge in [-0.05, 0) is 144 Å². The highest BCUT2D eigenvalue weighted by atomic mass is 16.2. The van der Waals surface area contributed by atoms with Gasteiger partial charge in [-0.25, -0.2) is 0 Å². The van der Waals surface area contributed by atoms with Crippen LogP contribution >= 0.6 is 0 Å². The normalized spacial score (nSPS) is 14.4. The van der Waals surface area contributed by atoms with Gasteiger partial charge in [-0.15, -0.1) is 0 Å². The van der Waals surface area contributed by atoms with Crippen molar-refractivity contribution in [3.8, 4) is 33.4 Å².